The highest BCUT2D eigenvalue weighted by Gasteiger charge is 2.24. The minimum atomic E-state index is -4.08. The molecule has 0 amide bonds. The summed E-state index contributed by atoms with van der Waals surface area (Å²) in [6.07, 6.45) is 21.3. The average molecular weight is 1100 g/mol. The number of carbonyl (C=O) groups excluding carboxylic acids is 2. The SMILES string of the molecule is CCCCC(CC)CN(CC(CC)CCCC)c1ccc(/C=C(\C#N)C(=O)Oc2ccc(S(=O)(=O)c3ccc(OC(=O)/C(C#N)=C/c4ccc(N(CC(CC)CCCC)CC(CC)CCCC)cc4OC)cc3)cc2)c(OC)c1. The van der Waals surface area contributed by atoms with Crippen molar-refractivity contribution in [1.29, 1.82) is 10.5 Å². The van der Waals surface area contributed by atoms with Crippen LogP contribution in [0.3, 0.4) is 0 Å². The van der Waals surface area contributed by atoms with E-state index in [1.165, 1.54) is 112 Å². The van der Waals surface area contributed by atoms with E-state index in [1.54, 1.807) is 14.2 Å². The van der Waals surface area contributed by atoms with Gasteiger partial charge in [0.1, 0.15) is 46.3 Å². The summed E-state index contributed by atoms with van der Waals surface area (Å²) in [5.41, 5.74) is 2.62. The minimum Gasteiger partial charge on any atom is -0.496 e. The number of rotatable bonds is 36. The Bertz CT molecular complexity index is 2560. The van der Waals surface area contributed by atoms with Gasteiger partial charge in [-0.15, -0.1) is 0 Å². The number of nitriles is 2. The highest BCUT2D eigenvalue weighted by atomic mass is 32.2. The number of nitrogens with zero attached hydrogens (tertiary/aromatic N) is 4. The standard InChI is InChI=1S/C66H90N4O8S/c1-11-19-23-49(15-5)45-69(46-50(16-6)24-20-12-2)57-29-27-53(63(41-57)75-9)39-55(43-67)65(71)77-59-31-35-61(36-32-59)79(73,74)62-37-33-60(34-38-62)78-66(72)56(44-68)40-54-28-30-58(42-64(54)76-10)70(47-51(17-7)25-21-13-3)48-52(18-8)26-22-14-4/h27-42,49-52H,11-26,45-48H2,1-10H3/b55-39+,56-40+. The highest BCUT2D eigenvalue weighted by Crippen LogP contribution is 2.34. The lowest BCUT2D eigenvalue weighted by Crippen LogP contribution is -2.34. The topological polar surface area (TPSA) is 159 Å². The Morgan fingerprint density at radius 3 is 1.05 bits per heavy atom. The molecule has 0 aromatic heterocycles. The van der Waals surface area contributed by atoms with E-state index in [2.05, 4.69) is 65.2 Å². The fourth-order valence-corrected chi connectivity index (χ4v) is 11.2. The van der Waals surface area contributed by atoms with Gasteiger partial charge in [0.2, 0.25) is 9.84 Å². The molecule has 4 unspecified atom stereocenters. The van der Waals surface area contributed by atoms with Crippen LogP contribution in [0.1, 0.15) is 169 Å². The first-order valence-corrected chi connectivity index (χ1v) is 30.7. The first kappa shape index (κ1) is 65.0. The molecule has 0 saturated heterocycles. The van der Waals surface area contributed by atoms with Crippen molar-refractivity contribution >= 4 is 45.3 Å². The van der Waals surface area contributed by atoms with Crippen LogP contribution >= 0.6 is 0 Å². The van der Waals surface area contributed by atoms with Crippen LogP contribution in [-0.4, -0.2) is 60.8 Å². The van der Waals surface area contributed by atoms with Crippen LogP contribution in [0.5, 0.6) is 23.0 Å². The van der Waals surface area contributed by atoms with E-state index in [9.17, 15) is 28.5 Å². The van der Waals surface area contributed by atoms with Gasteiger partial charge >= 0.3 is 11.9 Å². The van der Waals surface area contributed by atoms with Gasteiger partial charge in [0.05, 0.1) is 24.0 Å². The Morgan fingerprint density at radius 1 is 0.494 bits per heavy atom. The third-order valence-electron chi connectivity index (χ3n) is 15.2. The van der Waals surface area contributed by atoms with Gasteiger partial charge in [-0.3, -0.25) is 0 Å². The number of esters is 2. The third kappa shape index (κ3) is 19.9. The Labute approximate surface area is 474 Å². The predicted molar refractivity (Wildman–Crippen MR) is 320 cm³/mol. The van der Waals surface area contributed by atoms with E-state index in [0.717, 1.165) is 88.9 Å². The van der Waals surface area contributed by atoms with Crippen LogP contribution in [0.4, 0.5) is 11.4 Å². The third-order valence-corrected chi connectivity index (χ3v) is 17.0. The quantitative estimate of drug-likeness (QED) is 0.0184. The first-order chi connectivity index (χ1) is 38.2. The normalized spacial score (nSPS) is 13.3. The maximum atomic E-state index is 13.8. The van der Waals surface area contributed by atoms with Crippen LogP contribution < -0.4 is 28.7 Å². The lowest BCUT2D eigenvalue weighted by molar-refractivity contribution is -0.130. The highest BCUT2D eigenvalue weighted by molar-refractivity contribution is 7.91. The van der Waals surface area contributed by atoms with Crippen LogP contribution in [-0.2, 0) is 19.4 Å². The second-order valence-corrected chi connectivity index (χ2v) is 22.8. The second kappa shape index (κ2) is 34.4. The van der Waals surface area contributed by atoms with E-state index in [0.29, 0.717) is 46.3 Å². The summed E-state index contributed by atoms with van der Waals surface area (Å²) in [5, 5.41) is 20.2. The fourth-order valence-electron chi connectivity index (χ4n) is 9.94. The number of hydrogen-bond donors (Lipinski definition) is 0. The monoisotopic (exact) mass is 1100 g/mol. The number of anilines is 2. The molecule has 0 fully saturated rings. The molecule has 0 bridgehead atoms. The number of benzene rings is 4. The first-order valence-electron chi connectivity index (χ1n) is 29.2. The summed E-state index contributed by atoms with van der Waals surface area (Å²) < 4.78 is 50.3. The van der Waals surface area contributed by atoms with Gasteiger partial charge in [0.15, 0.2) is 0 Å². The average Bonchev–Trinajstić information content (AvgIpc) is 3.48. The van der Waals surface area contributed by atoms with Crippen LogP contribution in [0, 0.1) is 46.3 Å². The molecule has 0 N–H and O–H groups in total. The van der Waals surface area contributed by atoms with Crippen molar-refractivity contribution in [2.24, 2.45) is 23.7 Å². The molecule has 0 aliphatic rings. The van der Waals surface area contributed by atoms with Crippen LogP contribution in [0.2, 0.25) is 0 Å². The van der Waals surface area contributed by atoms with E-state index < -0.39 is 21.8 Å². The molecule has 0 aliphatic carbocycles. The molecular formula is C66H90N4O8S. The Hall–Kier alpha value is -6.57. The summed E-state index contributed by atoms with van der Waals surface area (Å²) in [7, 11) is -0.945. The van der Waals surface area contributed by atoms with Crippen molar-refractivity contribution in [3.63, 3.8) is 0 Å². The van der Waals surface area contributed by atoms with Gasteiger partial charge < -0.3 is 28.7 Å². The molecule has 4 aromatic rings. The Kier molecular flexibility index (Phi) is 28.3. The Morgan fingerprint density at radius 2 is 0.797 bits per heavy atom. The zero-order valence-electron chi connectivity index (χ0n) is 49.2. The number of methoxy groups -OCH3 is 2. The predicted octanol–water partition coefficient (Wildman–Crippen LogP) is 16.0. The molecule has 4 aromatic carbocycles. The Balaban J connectivity index is 1.48. The molecular weight excluding hydrogens is 1010 g/mol. The molecule has 0 spiro atoms. The number of sulfone groups is 1. The molecule has 4 atom stereocenters. The van der Waals surface area contributed by atoms with Crippen molar-refractivity contribution in [3.8, 4) is 35.1 Å². The summed E-state index contributed by atoms with van der Waals surface area (Å²) in [4.78, 5) is 31.6. The van der Waals surface area contributed by atoms with Gasteiger partial charge in [-0.25, -0.2) is 18.0 Å². The number of unbranched alkanes of at least 4 members (excludes halogenated alkanes) is 4. The summed E-state index contributed by atoms with van der Waals surface area (Å²) >= 11 is 0. The van der Waals surface area contributed by atoms with E-state index in [4.69, 9.17) is 18.9 Å². The zero-order chi connectivity index (χ0) is 57.7. The summed E-state index contributed by atoms with van der Waals surface area (Å²) in [6.45, 7) is 21.7. The lowest BCUT2D eigenvalue weighted by Gasteiger charge is -2.33. The second-order valence-electron chi connectivity index (χ2n) is 20.9. The fraction of sp³-hybridized carbons (Fsp3) is 0.515. The van der Waals surface area contributed by atoms with Crippen molar-refractivity contribution in [3.05, 3.63) is 107 Å². The van der Waals surface area contributed by atoms with E-state index >= 15 is 0 Å². The van der Waals surface area contributed by atoms with Crippen molar-refractivity contribution in [2.45, 2.75) is 168 Å². The van der Waals surface area contributed by atoms with Gasteiger partial charge in [0.25, 0.3) is 0 Å². The van der Waals surface area contributed by atoms with Crippen molar-refractivity contribution in [1.82, 2.24) is 0 Å². The molecule has 0 heterocycles. The molecule has 12 nitrogen and oxygen atoms in total. The van der Waals surface area contributed by atoms with Crippen molar-refractivity contribution in [2.75, 3.05) is 50.2 Å². The summed E-state index contributed by atoms with van der Waals surface area (Å²) in [5.74, 6) is 1.51. The van der Waals surface area contributed by atoms with Gasteiger partial charge in [-0.1, -0.05) is 132 Å². The molecule has 0 radical (unpaired) electrons. The van der Waals surface area contributed by atoms with Crippen molar-refractivity contribution < 1.29 is 37.0 Å². The maximum Gasteiger partial charge on any atom is 0.354 e. The molecule has 4 rings (SSSR count). The maximum absolute atomic E-state index is 13.8. The molecule has 428 valence electrons. The van der Waals surface area contributed by atoms with E-state index in [1.807, 2.05) is 48.5 Å². The minimum absolute atomic E-state index is 0.0372. The molecule has 0 saturated carbocycles. The smallest absolute Gasteiger partial charge is 0.354 e. The number of ether oxygens (including phenoxy) is 4. The van der Waals surface area contributed by atoms with Crippen LogP contribution in [0.15, 0.2) is 106 Å². The van der Waals surface area contributed by atoms with E-state index in [-0.39, 0.29) is 32.4 Å². The molecule has 79 heavy (non-hydrogen) atoms. The summed E-state index contributed by atoms with van der Waals surface area (Å²) in [6, 6.07) is 26.2. The largest absolute Gasteiger partial charge is 0.496 e. The zero-order valence-corrected chi connectivity index (χ0v) is 50.0. The van der Waals surface area contributed by atoms with Gasteiger partial charge in [-0.2, -0.15) is 10.5 Å². The van der Waals surface area contributed by atoms with Gasteiger partial charge in [-0.05, 0) is 134 Å². The van der Waals surface area contributed by atoms with Crippen LogP contribution in [0.25, 0.3) is 12.2 Å². The van der Waals surface area contributed by atoms with Gasteiger partial charge in [0, 0.05) is 60.8 Å². The number of hydrogen-bond acceptors (Lipinski definition) is 12. The number of carbonyl (C=O) groups is 2. The lowest BCUT2D eigenvalue weighted by atomic mass is 9.95. The molecule has 0 aliphatic heterocycles. The molecule has 13 heteroatoms.